The van der Waals surface area contributed by atoms with Gasteiger partial charge in [-0.25, -0.2) is 0 Å². The first-order valence-electron chi connectivity index (χ1n) is 7.83. The van der Waals surface area contributed by atoms with Crippen LogP contribution in [-0.4, -0.2) is 37.7 Å². The predicted octanol–water partition coefficient (Wildman–Crippen LogP) is 3.95. The molecule has 1 fully saturated rings. The Bertz CT molecular complexity index is 209. The fourth-order valence-electron chi connectivity index (χ4n) is 2.81. The molecule has 1 aliphatic rings. The Morgan fingerprint density at radius 3 is 2.39 bits per heavy atom. The van der Waals surface area contributed by atoms with Crippen LogP contribution in [0.3, 0.4) is 0 Å². The van der Waals surface area contributed by atoms with Gasteiger partial charge in [0.05, 0.1) is 13.2 Å². The van der Waals surface area contributed by atoms with Gasteiger partial charge in [-0.3, -0.25) is 4.90 Å². The molecule has 1 aliphatic heterocycles. The molecular formula is C16H33NO. The summed E-state index contributed by atoms with van der Waals surface area (Å²) >= 11 is 0. The van der Waals surface area contributed by atoms with E-state index in [1.807, 2.05) is 0 Å². The molecular weight excluding hydrogens is 222 g/mol. The van der Waals surface area contributed by atoms with Gasteiger partial charge in [0.25, 0.3) is 0 Å². The van der Waals surface area contributed by atoms with Gasteiger partial charge in [0.2, 0.25) is 0 Å². The van der Waals surface area contributed by atoms with E-state index in [0.717, 1.165) is 32.2 Å². The quantitative estimate of drug-likeness (QED) is 0.651. The molecule has 0 aromatic rings. The zero-order valence-electron chi connectivity index (χ0n) is 13.0. The summed E-state index contributed by atoms with van der Waals surface area (Å²) in [5.74, 6) is 0.865. The van der Waals surface area contributed by atoms with E-state index in [2.05, 4.69) is 32.6 Å². The molecule has 108 valence electrons. The summed E-state index contributed by atoms with van der Waals surface area (Å²) in [7, 11) is 0. The number of nitrogens with zero attached hydrogens (tertiary/aromatic N) is 1. The normalized spacial score (nSPS) is 20.0. The van der Waals surface area contributed by atoms with Crippen LogP contribution in [0, 0.1) is 11.3 Å². The number of rotatable bonds is 8. The van der Waals surface area contributed by atoms with Crippen LogP contribution >= 0.6 is 0 Å². The number of hydrogen-bond donors (Lipinski definition) is 0. The molecule has 0 radical (unpaired) electrons. The molecule has 0 N–H and O–H groups in total. The van der Waals surface area contributed by atoms with Crippen molar-refractivity contribution in [2.45, 2.75) is 59.8 Å². The first-order chi connectivity index (χ1) is 8.53. The van der Waals surface area contributed by atoms with Gasteiger partial charge in [-0.15, -0.1) is 0 Å². The van der Waals surface area contributed by atoms with Crippen molar-refractivity contribution in [3.05, 3.63) is 0 Å². The van der Waals surface area contributed by atoms with Crippen LogP contribution in [-0.2, 0) is 4.74 Å². The Morgan fingerprint density at radius 2 is 1.78 bits per heavy atom. The average Bonchev–Trinajstić information content (AvgIpc) is 2.35. The molecule has 1 saturated heterocycles. The fourth-order valence-corrected chi connectivity index (χ4v) is 2.81. The van der Waals surface area contributed by atoms with Crippen molar-refractivity contribution in [2.24, 2.45) is 11.3 Å². The molecule has 1 atom stereocenters. The SMILES string of the molecule is CCCC(C)(C)CCC(C)CCN1CCOCC1. The summed E-state index contributed by atoms with van der Waals surface area (Å²) in [4.78, 5) is 2.55. The second kappa shape index (κ2) is 8.16. The van der Waals surface area contributed by atoms with Crippen molar-refractivity contribution in [3.63, 3.8) is 0 Å². The van der Waals surface area contributed by atoms with Gasteiger partial charge < -0.3 is 4.74 Å². The van der Waals surface area contributed by atoms with Crippen LogP contribution in [0.25, 0.3) is 0 Å². The molecule has 1 heterocycles. The van der Waals surface area contributed by atoms with Crippen LogP contribution in [0.2, 0.25) is 0 Å². The molecule has 18 heavy (non-hydrogen) atoms. The predicted molar refractivity (Wildman–Crippen MR) is 79.0 cm³/mol. The lowest BCUT2D eigenvalue weighted by atomic mass is 9.81. The van der Waals surface area contributed by atoms with Crippen molar-refractivity contribution in [3.8, 4) is 0 Å². The first kappa shape index (κ1) is 16.0. The molecule has 2 heteroatoms. The first-order valence-corrected chi connectivity index (χ1v) is 7.83. The minimum atomic E-state index is 0.544. The molecule has 2 nitrogen and oxygen atoms in total. The molecule has 0 aliphatic carbocycles. The van der Waals surface area contributed by atoms with E-state index < -0.39 is 0 Å². The van der Waals surface area contributed by atoms with Crippen molar-refractivity contribution < 1.29 is 4.74 Å². The molecule has 0 saturated carbocycles. The van der Waals surface area contributed by atoms with Crippen LogP contribution in [0.15, 0.2) is 0 Å². The largest absolute Gasteiger partial charge is 0.379 e. The third kappa shape index (κ3) is 6.75. The highest BCUT2D eigenvalue weighted by molar-refractivity contribution is 4.70. The summed E-state index contributed by atoms with van der Waals surface area (Å²) < 4.78 is 5.38. The maximum Gasteiger partial charge on any atom is 0.0594 e. The van der Waals surface area contributed by atoms with Gasteiger partial charge in [0.1, 0.15) is 0 Å². The lowest BCUT2D eigenvalue weighted by Crippen LogP contribution is -2.37. The Balaban J connectivity index is 2.11. The summed E-state index contributed by atoms with van der Waals surface area (Å²) in [5.41, 5.74) is 0.544. The van der Waals surface area contributed by atoms with Gasteiger partial charge >= 0.3 is 0 Å². The molecule has 0 aromatic carbocycles. The summed E-state index contributed by atoms with van der Waals surface area (Å²) in [6.07, 6.45) is 6.79. The van der Waals surface area contributed by atoms with E-state index in [1.54, 1.807) is 0 Å². The number of hydrogen-bond acceptors (Lipinski definition) is 2. The van der Waals surface area contributed by atoms with Gasteiger partial charge in [-0.05, 0) is 37.1 Å². The summed E-state index contributed by atoms with van der Waals surface area (Å²) in [5, 5.41) is 0. The van der Waals surface area contributed by atoms with Crippen LogP contribution in [0.1, 0.15) is 59.8 Å². The third-order valence-corrected chi connectivity index (χ3v) is 4.28. The average molecular weight is 255 g/mol. The monoisotopic (exact) mass is 255 g/mol. The van der Waals surface area contributed by atoms with Crippen molar-refractivity contribution in [1.29, 1.82) is 0 Å². The fraction of sp³-hybridized carbons (Fsp3) is 1.00. The van der Waals surface area contributed by atoms with E-state index in [-0.39, 0.29) is 0 Å². The number of morpholine rings is 1. The van der Waals surface area contributed by atoms with Gasteiger partial charge in [-0.1, -0.05) is 40.5 Å². The zero-order chi connectivity index (χ0) is 13.4. The molecule has 0 amide bonds. The highest BCUT2D eigenvalue weighted by Gasteiger charge is 2.18. The third-order valence-electron chi connectivity index (χ3n) is 4.28. The topological polar surface area (TPSA) is 12.5 Å². The van der Waals surface area contributed by atoms with E-state index in [0.29, 0.717) is 5.41 Å². The molecule has 1 rings (SSSR count). The smallest absolute Gasteiger partial charge is 0.0594 e. The second-order valence-corrected chi connectivity index (χ2v) is 6.80. The Kier molecular flexibility index (Phi) is 7.25. The maximum absolute atomic E-state index is 5.38. The Labute approximate surface area is 114 Å². The van der Waals surface area contributed by atoms with Crippen molar-refractivity contribution in [2.75, 3.05) is 32.8 Å². The van der Waals surface area contributed by atoms with Gasteiger partial charge in [0.15, 0.2) is 0 Å². The molecule has 0 bridgehead atoms. The van der Waals surface area contributed by atoms with Crippen molar-refractivity contribution in [1.82, 2.24) is 4.90 Å². The lowest BCUT2D eigenvalue weighted by molar-refractivity contribution is 0.0353. The van der Waals surface area contributed by atoms with Crippen LogP contribution < -0.4 is 0 Å². The molecule has 0 aromatic heterocycles. The molecule has 1 unspecified atom stereocenters. The van der Waals surface area contributed by atoms with E-state index in [9.17, 15) is 0 Å². The van der Waals surface area contributed by atoms with E-state index in [1.165, 1.54) is 38.6 Å². The maximum atomic E-state index is 5.38. The molecule has 0 spiro atoms. The Morgan fingerprint density at radius 1 is 1.11 bits per heavy atom. The summed E-state index contributed by atoms with van der Waals surface area (Å²) in [6, 6.07) is 0. The van der Waals surface area contributed by atoms with Crippen molar-refractivity contribution >= 4 is 0 Å². The highest BCUT2D eigenvalue weighted by Crippen LogP contribution is 2.30. The van der Waals surface area contributed by atoms with E-state index >= 15 is 0 Å². The number of ether oxygens (including phenoxy) is 1. The van der Waals surface area contributed by atoms with Crippen LogP contribution in [0.5, 0.6) is 0 Å². The Hall–Kier alpha value is -0.0800. The standard InChI is InChI=1S/C16H33NO/c1-5-8-16(3,4)9-6-15(2)7-10-17-11-13-18-14-12-17/h15H,5-14H2,1-4H3. The highest BCUT2D eigenvalue weighted by atomic mass is 16.5. The van der Waals surface area contributed by atoms with Gasteiger partial charge in [-0.2, -0.15) is 0 Å². The minimum Gasteiger partial charge on any atom is -0.379 e. The lowest BCUT2D eigenvalue weighted by Gasteiger charge is -2.29. The minimum absolute atomic E-state index is 0.544. The summed E-state index contributed by atoms with van der Waals surface area (Å²) in [6.45, 7) is 14.9. The van der Waals surface area contributed by atoms with E-state index in [4.69, 9.17) is 4.74 Å². The zero-order valence-corrected chi connectivity index (χ0v) is 13.0. The van der Waals surface area contributed by atoms with Gasteiger partial charge in [0, 0.05) is 13.1 Å². The van der Waals surface area contributed by atoms with Crippen LogP contribution in [0.4, 0.5) is 0 Å². The second-order valence-electron chi connectivity index (χ2n) is 6.80.